The molecule has 0 aliphatic carbocycles. The van der Waals surface area contributed by atoms with Crippen LogP contribution in [0.2, 0.25) is 0 Å². The van der Waals surface area contributed by atoms with Crippen molar-refractivity contribution in [2.75, 3.05) is 13.1 Å². The van der Waals surface area contributed by atoms with Crippen molar-refractivity contribution in [2.45, 2.75) is 38.6 Å². The molecule has 1 saturated heterocycles. The van der Waals surface area contributed by atoms with Crippen LogP contribution < -0.4 is 4.72 Å². The number of nitrogens with zero attached hydrogens (tertiary/aromatic N) is 1. The summed E-state index contributed by atoms with van der Waals surface area (Å²) in [5, 5.41) is 9.23. The first-order chi connectivity index (χ1) is 7.40. The van der Waals surface area contributed by atoms with Gasteiger partial charge in [-0.25, -0.2) is 4.72 Å². The predicted octanol–water partition coefficient (Wildman–Crippen LogP) is 0.170. The first-order valence-electron chi connectivity index (χ1n) is 5.41. The third kappa shape index (κ3) is 2.07. The van der Waals surface area contributed by atoms with E-state index in [0.717, 1.165) is 4.31 Å². The highest BCUT2D eigenvalue weighted by molar-refractivity contribution is 7.87. The molecule has 1 rings (SSSR count). The van der Waals surface area contributed by atoms with Crippen molar-refractivity contribution in [3.05, 3.63) is 0 Å². The number of carbonyl (C=O) groups is 1. The molecule has 94 valence electrons. The summed E-state index contributed by atoms with van der Waals surface area (Å²) in [6.07, 6.45) is 1.25. The van der Waals surface area contributed by atoms with Gasteiger partial charge in [0.25, 0.3) is 10.2 Å². The first kappa shape index (κ1) is 13.4. The van der Waals surface area contributed by atoms with Gasteiger partial charge in [0.1, 0.15) is 5.54 Å². The van der Waals surface area contributed by atoms with E-state index in [-0.39, 0.29) is 19.5 Å². The molecule has 6 nitrogen and oxygen atoms in total. The average molecular weight is 250 g/mol. The standard InChI is InChI=1S/C9H18N2O4S/c1-3-9(8(12)13)6-5-7-11(9)16(14,15)10-4-2/h10H,3-7H2,1-2H3,(H,12,13). The molecular weight excluding hydrogens is 232 g/mol. The van der Waals surface area contributed by atoms with Crippen LogP contribution in [0.4, 0.5) is 0 Å². The summed E-state index contributed by atoms with van der Waals surface area (Å²) in [5.74, 6) is -1.06. The maximum atomic E-state index is 11.9. The number of nitrogens with one attached hydrogen (secondary N) is 1. The van der Waals surface area contributed by atoms with E-state index < -0.39 is 21.7 Å². The minimum absolute atomic E-state index is 0.262. The van der Waals surface area contributed by atoms with Crippen LogP contribution in [0.5, 0.6) is 0 Å². The van der Waals surface area contributed by atoms with E-state index in [0.29, 0.717) is 12.8 Å². The van der Waals surface area contributed by atoms with Gasteiger partial charge in [-0.2, -0.15) is 12.7 Å². The van der Waals surface area contributed by atoms with Gasteiger partial charge in [0.05, 0.1) is 0 Å². The van der Waals surface area contributed by atoms with Gasteiger partial charge >= 0.3 is 5.97 Å². The van der Waals surface area contributed by atoms with Crippen LogP contribution in [0, 0.1) is 0 Å². The molecule has 0 bridgehead atoms. The van der Waals surface area contributed by atoms with Gasteiger partial charge in [-0.15, -0.1) is 0 Å². The molecule has 0 aromatic heterocycles. The lowest BCUT2D eigenvalue weighted by atomic mass is 9.95. The van der Waals surface area contributed by atoms with E-state index in [9.17, 15) is 18.3 Å². The summed E-state index contributed by atoms with van der Waals surface area (Å²) >= 11 is 0. The summed E-state index contributed by atoms with van der Waals surface area (Å²) in [7, 11) is -3.67. The average Bonchev–Trinajstić information content (AvgIpc) is 2.62. The molecule has 2 N–H and O–H groups in total. The highest BCUT2D eigenvalue weighted by Crippen LogP contribution is 2.34. The number of carboxylic acid groups (broad SMARTS) is 1. The summed E-state index contributed by atoms with van der Waals surface area (Å²) in [6.45, 7) is 3.91. The van der Waals surface area contributed by atoms with Crippen LogP contribution in [-0.4, -0.2) is 42.4 Å². The lowest BCUT2D eigenvalue weighted by Crippen LogP contribution is -2.55. The van der Waals surface area contributed by atoms with Crippen molar-refractivity contribution in [2.24, 2.45) is 0 Å². The quantitative estimate of drug-likeness (QED) is 0.728. The summed E-state index contributed by atoms with van der Waals surface area (Å²) < 4.78 is 27.2. The monoisotopic (exact) mass is 250 g/mol. The second-order valence-electron chi connectivity index (χ2n) is 3.87. The van der Waals surface area contributed by atoms with Crippen LogP contribution in [0.25, 0.3) is 0 Å². The fourth-order valence-corrected chi connectivity index (χ4v) is 3.83. The van der Waals surface area contributed by atoms with Gasteiger partial charge in [-0.1, -0.05) is 13.8 Å². The highest BCUT2D eigenvalue weighted by Gasteiger charge is 2.51. The molecule has 0 radical (unpaired) electrons. The minimum Gasteiger partial charge on any atom is -0.480 e. The normalized spacial score (nSPS) is 27.1. The van der Waals surface area contributed by atoms with Crippen molar-refractivity contribution in [1.29, 1.82) is 0 Å². The Balaban J connectivity index is 3.08. The molecule has 1 fully saturated rings. The molecule has 0 aromatic carbocycles. The molecule has 1 aliphatic rings. The van der Waals surface area contributed by atoms with Gasteiger partial charge < -0.3 is 5.11 Å². The SMILES string of the molecule is CCNS(=O)(=O)N1CCCC1(CC)C(=O)O. The van der Waals surface area contributed by atoms with Crippen molar-refractivity contribution < 1.29 is 18.3 Å². The Hall–Kier alpha value is -0.660. The third-order valence-corrected chi connectivity index (χ3v) is 4.79. The largest absolute Gasteiger partial charge is 0.480 e. The Labute approximate surface area is 95.8 Å². The molecule has 1 atom stereocenters. The molecule has 0 spiro atoms. The Morgan fingerprint density at radius 2 is 2.12 bits per heavy atom. The summed E-state index contributed by atoms with van der Waals surface area (Å²) in [5.41, 5.74) is -1.26. The van der Waals surface area contributed by atoms with E-state index in [1.165, 1.54) is 0 Å². The number of hydrogen-bond donors (Lipinski definition) is 2. The second kappa shape index (κ2) is 4.68. The maximum absolute atomic E-state index is 11.9. The Morgan fingerprint density at radius 3 is 2.56 bits per heavy atom. The number of carboxylic acids is 1. The molecule has 0 aromatic rings. The molecule has 1 aliphatic heterocycles. The maximum Gasteiger partial charge on any atom is 0.325 e. The summed E-state index contributed by atoms with van der Waals surface area (Å²) in [4.78, 5) is 11.3. The molecule has 7 heteroatoms. The molecule has 0 amide bonds. The molecule has 16 heavy (non-hydrogen) atoms. The van der Waals surface area contributed by atoms with Crippen molar-refractivity contribution >= 4 is 16.2 Å². The third-order valence-electron chi connectivity index (χ3n) is 3.03. The zero-order chi connectivity index (χ0) is 12.4. The van der Waals surface area contributed by atoms with Crippen molar-refractivity contribution in [3.8, 4) is 0 Å². The highest BCUT2D eigenvalue weighted by atomic mass is 32.2. The lowest BCUT2D eigenvalue weighted by Gasteiger charge is -2.32. The number of aliphatic carboxylic acids is 1. The van der Waals surface area contributed by atoms with Crippen molar-refractivity contribution in [1.82, 2.24) is 9.03 Å². The molecular formula is C9H18N2O4S. The van der Waals surface area contributed by atoms with E-state index in [2.05, 4.69) is 4.72 Å². The summed E-state index contributed by atoms with van der Waals surface area (Å²) in [6, 6.07) is 0. The van der Waals surface area contributed by atoms with Gasteiger partial charge in [-0.3, -0.25) is 4.79 Å². The van der Waals surface area contributed by atoms with E-state index >= 15 is 0 Å². The van der Waals surface area contributed by atoms with Crippen molar-refractivity contribution in [3.63, 3.8) is 0 Å². The molecule has 1 heterocycles. The van der Waals surface area contributed by atoms with E-state index in [1.54, 1.807) is 13.8 Å². The van der Waals surface area contributed by atoms with Gasteiger partial charge in [-0.05, 0) is 19.3 Å². The van der Waals surface area contributed by atoms with Crippen LogP contribution in [0.3, 0.4) is 0 Å². The van der Waals surface area contributed by atoms with Gasteiger partial charge in [0.15, 0.2) is 0 Å². The first-order valence-corrected chi connectivity index (χ1v) is 6.85. The zero-order valence-electron chi connectivity index (χ0n) is 9.56. The predicted molar refractivity (Wildman–Crippen MR) is 59.2 cm³/mol. The number of hydrogen-bond acceptors (Lipinski definition) is 3. The fourth-order valence-electron chi connectivity index (χ4n) is 2.18. The van der Waals surface area contributed by atoms with Crippen LogP contribution >= 0.6 is 0 Å². The van der Waals surface area contributed by atoms with Gasteiger partial charge in [0.2, 0.25) is 0 Å². The molecule has 0 saturated carbocycles. The molecule has 1 unspecified atom stereocenters. The Kier molecular flexibility index (Phi) is 3.92. The van der Waals surface area contributed by atoms with Crippen LogP contribution in [0.15, 0.2) is 0 Å². The Bertz CT molecular complexity index is 368. The number of rotatable bonds is 5. The fraction of sp³-hybridized carbons (Fsp3) is 0.889. The van der Waals surface area contributed by atoms with Gasteiger partial charge in [0, 0.05) is 13.1 Å². The van der Waals surface area contributed by atoms with E-state index in [1.807, 2.05) is 0 Å². The zero-order valence-corrected chi connectivity index (χ0v) is 10.4. The Morgan fingerprint density at radius 1 is 1.50 bits per heavy atom. The van der Waals surface area contributed by atoms with E-state index in [4.69, 9.17) is 0 Å². The second-order valence-corrected chi connectivity index (χ2v) is 5.55. The topological polar surface area (TPSA) is 86.7 Å². The van der Waals surface area contributed by atoms with Crippen LogP contribution in [-0.2, 0) is 15.0 Å². The lowest BCUT2D eigenvalue weighted by molar-refractivity contribution is -0.147. The minimum atomic E-state index is -3.67. The van der Waals surface area contributed by atoms with Crippen LogP contribution in [0.1, 0.15) is 33.1 Å². The smallest absolute Gasteiger partial charge is 0.325 e.